The van der Waals surface area contributed by atoms with Crippen molar-refractivity contribution < 1.29 is 13.2 Å². The zero-order valence-electron chi connectivity index (χ0n) is 13.8. The van der Waals surface area contributed by atoms with Gasteiger partial charge < -0.3 is 4.57 Å². The van der Waals surface area contributed by atoms with E-state index in [4.69, 9.17) is 34.8 Å². The van der Waals surface area contributed by atoms with Crippen LogP contribution in [0.3, 0.4) is 0 Å². The van der Waals surface area contributed by atoms with Crippen molar-refractivity contribution in [3.05, 3.63) is 69.4 Å². The van der Waals surface area contributed by atoms with Gasteiger partial charge in [-0.15, -0.1) is 0 Å². The van der Waals surface area contributed by atoms with Crippen molar-refractivity contribution >= 4 is 50.7 Å². The Morgan fingerprint density at radius 3 is 2.33 bits per heavy atom. The summed E-state index contributed by atoms with van der Waals surface area (Å²) < 4.78 is 28.2. The third kappa shape index (κ3) is 4.11. The number of hydrogen-bond donors (Lipinski definition) is 1. The zero-order chi connectivity index (χ0) is 19.8. The van der Waals surface area contributed by atoms with E-state index in [1.165, 1.54) is 35.0 Å². The first-order valence-corrected chi connectivity index (χ1v) is 10.1. The van der Waals surface area contributed by atoms with Crippen LogP contribution in [0.5, 0.6) is 0 Å². The van der Waals surface area contributed by atoms with Crippen LogP contribution < -0.4 is 4.72 Å². The maximum atomic E-state index is 12.4. The molecule has 0 unspecified atom stereocenters. The molecule has 0 bridgehead atoms. The summed E-state index contributed by atoms with van der Waals surface area (Å²) in [7, 11) is -2.46. The van der Waals surface area contributed by atoms with E-state index in [-0.39, 0.29) is 15.6 Å². The molecule has 0 radical (unpaired) electrons. The fourth-order valence-corrected chi connectivity index (χ4v) is 4.21. The molecule has 0 atom stereocenters. The number of carbonyl (C=O) groups is 1. The summed E-state index contributed by atoms with van der Waals surface area (Å²) in [6.45, 7) is 0. The topological polar surface area (TPSA) is 81.1 Å². The van der Waals surface area contributed by atoms with E-state index >= 15 is 0 Å². The molecule has 10 heteroatoms. The number of rotatable bonds is 4. The van der Waals surface area contributed by atoms with E-state index in [1.54, 1.807) is 25.2 Å². The van der Waals surface area contributed by atoms with Gasteiger partial charge in [-0.05, 0) is 30.3 Å². The smallest absolute Gasteiger partial charge is 0.285 e. The number of aryl methyl sites for hydroxylation is 1. The Bertz CT molecular complexity index is 1120. The molecule has 27 heavy (non-hydrogen) atoms. The Morgan fingerprint density at radius 2 is 1.70 bits per heavy atom. The van der Waals surface area contributed by atoms with Crippen LogP contribution in [0.2, 0.25) is 15.1 Å². The summed E-state index contributed by atoms with van der Waals surface area (Å²) in [6.07, 6.45) is 1.39. The minimum atomic E-state index is -4.10. The minimum Gasteiger partial charge on any atom is -0.333 e. The monoisotopic (exact) mass is 443 g/mol. The van der Waals surface area contributed by atoms with Crippen molar-refractivity contribution in [1.82, 2.24) is 14.3 Å². The molecule has 0 saturated heterocycles. The van der Waals surface area contributed by atoms with Crippen LogP contribution in [0.15, 0.2) is 53.6 Å². The normalized spacial score (nSPS) is 11.4. The maximum Gasteiger partial charge on any atom is 0.285 e. The molecular formula is C17H12Cl3N3O3S. The molecule has 0 fully saturated rings. The molecule has 0 aliphatic heterocycles. The molecule has 3 aromatic rings. The van der Waals surface area contributed by atoms with Crippen molar-refractivity contribution in [2.75, 3.05) is 0 Å². The highest BCUT2D eigenvalue weighted by Gasteiger charge is 2.23. The number of carbonyl (C=O) groups excluding carboxylic acids is 1. The van der Waals surface area contributed by atoms with Crippen LogP contribution in [-0.4, -0.2) is 23.9 Å². The summed E-state index contributed by atoms with van der Waals surface area (Å²) in [4.78, 5) is 16.5. The summed E-state index contributed by atoms with van der Waals surface area (Å²) in [5.74, 6) is -0.559. The number of halogens is 3. The van der Waals surface area contributed by atoms with Crippen molar-refractivity contribution in [2.24, 2.45) is 7.05 Å². The number of nitrogens with zero attached hydrogens (tertiary/aromatic N) is 2. The standard InChI is InChI=1S/C17H12Cl3N3O3S/c1-23-9-14(21-16(23)15-12(19)6-3-7-13(15)20)17(24)22-27(25,26)11-5-2-4-10(18)8-11/h2-9H,1H3,(H,22,24). The van der Waals surface area contributed by atoms with Gasteiger partial charge in [-0.2, -0.15) is 0 Å². The molecule has 0 spiro atoms. The molecule has 0 saturated carbocycles. The van der Waals surface area contributed by atoms with Crippen LogP contribution in [0.4, 0.5) is 0 Å². The Balaban J connectivity index is 1.93. The fraction of sp³-hybridized carbons (Fsp3) is 0.0588. The summed E-state index contributed by atoms with van der Waals surface area (Å²) in [6, 6.07) is 10.5. The number of sulfonamides is 1. The molecule has 1 aromatic heterocycles. The first-order chi connectivity index (χ1) is 12.7. The van der Waals surface area contributed by atoms with Crippen LogP contribution in [0, 0.1) is 0 Å². The van der Waals surface area contributed by atoms with Gasteiger partial charge in [0.15, 0.2) is 0 Å². The summed E-state index contributed by atoms with van der Waals surface area (Å²) in [5.41, 5.74) is 0.342. The van der Waals surface area contributed by atoms with E-state index in [0.29, 0.717) is 21.4 Å². The number of nitrogens with one attached hydrogen (secondary N) is 1. The lowest BCUT2D eigenvalue weighted by Gasteiger charge is -2.06. The van der Waals surface area contributed by atoms with Crippen molar-refractivity contribution in [3.8, 4) is 11.4 Å². The Kier molecular flexibility index (Phi) is 5.48. The number of amides is 1. The zero-order valence-corrected chi connectivity index (χ0v) is 16.9. The number of aromatic nitrogens is 2. The molecule has 1 heterocycles. The highest BCUT2D eigenvalue weighted by Crippen LogP contribution is 2.33. The lowest BCUT2D eigenvalue weighted by atomic mass is 10.2. The molecule has 1 amide bonds. The molecule has 3 rings (SSSR count). The van der Waals surface area contributed by atoms with Gasteiger partial charge in [0.05, 0.1) is 20.5 Å². The van der Waals surface area contributed by atoms with Crippen LogP contribution >= 0.6 is 34.8 Å². The molecule has 0 aliphatic carbocycles. The Morgan fingerprint density at radius 1 is 1.07 bits per heavy atom. The molecule has 6 nitrogen and oxygen atoms in total. The third-order valence-corrected chi connectivity index (χ3v) is 5.82. The van der Waals surface area contributed by atoms with Gasteiger partial charge in [0.2, 0.25) is 0 Å². The van der Waals surface area contributed by atoms with Gasteiger partial charge in [-0.3, -0.25) is 4.79 Å². The van der Waals surface area contributed by atoms with E-state index in [0.717, 1.165) is 0 Å². The van der Waals surface area contributed by atoms with Gasteiger partial charge in [0.25, 0.3) is 15.9 Å². The van der Waals surface area contributed by atoms with Crippen LogP contribution in [-0.2, 0) is 17.1 Å². The average Bonchev–Trinajstić information content (AvgIpc) is 2.96. The van der Waals surface area contributed by atoms with E-state index in [9.17, 15) is 13.2 Å². The summed E-state index contributed by atoms with van der Waals surface area (Å²) >= 11 is 18.2. The van der Waals surface area contributed by atoms with Gasteiger partial charge in [-0.25, -0.2) is 18.1 Å². The quantitative estimate of drug-likeness (QED) is 0.655. The molecule has 1 N–H and O–H groups in total. The highest BCUT2D eigenvalue weighted by atomic mass is 35.5. The lowest BCUT2D eigenvalue weighted by molar-refractivity contribution is 0.0977. The second kappa shape index (κ2) is 7.52. The van der Waals surface area contributed by atoms with Gasteiger partial charge in [0, 0.05) is 18.3 Å². The maximum absolute atomic E-state index is 12.4. The average molecular weight is 445 g/mol. The second-order valence-electron chi connectivity index (χ2n) is 5.55. The Labute approximate surface area is 170 Å². The van der Waals surface area contributed by atoms with E-state index in [1.807, 2.05) is 4.72 Å². The van der Waals surface area contributed by atoms with Crippen LogP contribution in [0.1, 0.15) is 10.5 Å². The lowest BCUT2D eigenvalue weighted by Crippen LogP contribution is -2.30. The second-order valence-corrected chi connectivity index (χ2v) is 8.48. The van der Waals surface area contributed by atoms with Crippen molar-refractivity contribution in [1.29, 1.82) is 0 Å². The highest BCUT2D eigenvalue weighted by molar-refractivity contribution is 7.90. The number of hydrogen-bond acceptors (Lipinski definition) is 4. The molecule has 140 valence electrons. The first-order valence-electron chi connectivity index (χ1n) is 7.49. The predicted molar refractivity (Wildman–Crippen MR) is 105 cm³/mol. The molecule has 0 aliphatic rings. The number of benzene rings is 2. The van der Waals surface area contributed by atoms with Gasteiger partial charge in [0.1, 0.15) is 11.5 Å². The van der Waals surface area contributed by atoms with Crippen molar-refractivity contribution in [2.45, 2.75) is 4.90 Å². The van der Waals surface area contributed by atoms with E-state index in [2.05, 4.69) is 4.98 Å². The van der Waals surface area contributed by atoms with Crippen molar-refractivity contribution in [3.63, 3.8) is 0 Å². The predicted octanol–water partition coefficient (Wildman–Crippen LogP) is 4.17. The van der Waals surface area contributed by atoms with Crippen LogP contribution in [0.25, 0.3) is 11.4 Å². The minimum absolute atomic E-state index is 0.103. The van der Waals surface area contributed by atoms with Gasteiger partial charge >= 0.3 is 0 Å². The summed E-state index contributed by atoms with van der Waals surface area (Å²) in [5, 5.41) is 0.947. The first kappa shape index (κ1) is 19.7. The fourth-order valence-electron chi connectivity index (χ4n) is 2.39. The van der Waals surface area contributed by atoms with E-state index < -0.39 is 15.9 Å². The largest absolute Gasteiger partial charge is 0.333 e. The Hall–Kier alpha value is -2.06. The third-order valence-electron chi connectivity index (χ3n) is 3.63. The molecule has 2 aromatic carbocycles. The molecular weight excluding hydrogens is 433 g/mol. The van der Waals surface area contributed by atoms with Gasteiger partial charge in [-0.1, -0.05) is 46.9 Å². The number of imidazole rings is 1. The SMILES string of the molecule is Cn1cc(C(=O)NS(=O)(=O)c2cccc(Cl)c2)nc1-c1c(Cl)cccc1Cl.